The molecule has 0 amide bonds. The zero-order chi connectivity index (χ0) is 21.6. The van der Waals surface area contributed by atoms with Crippen LogP contribution in [0.25, 0.3) is 0 Å². The molecule has 29 heavy (non-hydrogen) atoms. The van der Waals surface area contributed by atoms with Gasteiger partial charge in [-0.15, -0.1) is 0 Å². The Hall–Kier alpha value is -1.67. The molecule has 0 fully saturated rings. The predicted molar refractivity (Wildman–Crippen MR) is 114 cm³/mol. The molecule has 10 heteroatoms. The molecule has 5 nitrogen and oxygen atoms in total. The van der Waals surface area contributed by atoms with Gasteiger partial charge in [-0.1, -0.05) is 64.6 Å². The van der Waals surface area contributed by atoms with Crippen LogP contribution in [0.4, 0.5) is 0 Å². The summed E-state index contributed by atoms with van der Waals surface area (Å²) in [6, 6.07) is 11.6. The zero-order valence-corrected chi connectivity index (χ0v) is 18.1. The molecule has 0 radical (unpaired) electrons. The molecule has 0 bridgehead atoms. The van der Waals surface area contributed by atoms with Crippen LogP contribution in [0.5, 0.6) is 11.5 Å². The second-order valence-electron chi connectivity index (χ2n) is 6.12. The lowest BCUT2D eigenvalue weighted by Gasteiger charge is -2.33. The Morgan fingerprint density at radius 2 is 1.31 bits per heavy atom. The number of aromatic hydroxyl groups is 2. The largest absolute Gasteiger partial charge is 0.504 e. The van der Waals surface area contributed by atoms with E-state index < -0.39 is 26.4 Å². The van der Waals surface area contributed by atoms with Crippen LogP contribution < -0.4 is 0 Å². The molecule has 3 aromatic rings. The number of phenols is 2. The first-order valence-electron chi connectivity index (χ1n) is 7.89. The van der Waals surface area contributed by atoms with E-state index in [1.54, 1.807) is 0 Å². The van der Waals surface area contributed by atoms with E-state index in [1.807, 2.05) is 0 Å². The molecule has 3 aromatic carbocycles. The molecule has 1 unspecified atom stereocenters. The van der Waals surface area contributed by atoms with Crippen molar-refractivity contribution in [2.45, 2.75) is 4.75 Å². The summed E-state index contributed by atoms with van der Waals surface area (Å²) in [4.78, 5) is 0. The minimum absolute atomic E-state index is 0.000897. The highest BCUT2D eigenvalue weighted by molar-refractivity contribution is 7.87. The summed E-state index contributed by atoms with van der Waals surface area (Å²) in [5.41, 5.74) is -0.0918. The van der Waals surface area contributed by atoms with Gasteiger partial charge in [0.05, 0.1) is 15.1 Å². The number of hydrogen-bond acceptors (Lipinski definition) is 4. The standard InChI is InChI=1S/C19H12Cl4O5S/c20-13-3-1-2-10(6-13)19(29(26,27)28,11-4-5-16(24)17(25)9-11)12-7-14(21)18(23)15(22)8-12/h1-9,24-25H,(H,26,27,28). The van der Waals surface area contributed by atoms with Crippen LogP contribution in [0.3, 0.4) is 0 Å². The summed E-state index contributed by atoms with van der Waals surface area (Å²) in [7, 11) is -4.99. The molecule has 0 aliphatic heterocycles. The van der Waals surface area contributed by atoms with Gasteiger partial charge in [0.25, 0.3) is 10.1 Å². The second kappa shape index (κ2) is 7.87. The third-order valence-electron chi connectivity index (χ3n) is 4.39. The first-order chi connectivity index (χ1) is 13.5. The molecule has 1 atom stereocenters. The van der Waals surface area contributed by atoms with Crippen molar-refractivity contribution in [2.75, 3.05) is 0 Å². The highest BCUT2D eigenvalue weighted by Crippen LogP contribution is 2.48. The monoisotopic (exact) mass is 492 g/mol. The smallest absolute Gasteiger partial charge is 0.283 e. The van der Waals surface area contributed by atoms with E-state index in [2.05, 4.69) is 0 Å². The third-order valence-corrected chi connectivity index (χ3v) is 7.30. The van der Waals surface area contributed by atoms with Gasteiger partial charge in [-0.25, -0.2) is 0 Å². The van der Waals surface area contributed by atoms with Gasteiger partial charge in [-0.2, -0.15) is 8.42 Å². The summed E-state index contributed by atoms with van der Waals surface area (Å²) in [6.45, 7) is 0. The Morgan fingerprint density at radius 1 is 0.724 bits per heavy atom. The van der Waals surface area contributed by atoms with Gasteiger partial charge >= 0.3 is 0 Å². The van der Waals surface area contributed by atoms with Crippen LogP contribution in [0.2, 0.25) is 20.1 Å². The van der Waals surface area contributed by atoms with E-state index in [-0.39, 0.29) is 36.8 Å². The Labute approximate surface area is 186 Å². The molecule has 0 heterocycles. The summed E-state index contributed by atoms with van der Waals surface area (Å²) in [6.07, 6.45) is 0. The maximum atomic E-state index is 12.9. The Kier molecular flexibility index (Phi) is 5.98. The van der Waals surface area contributed by atoms with Crippen LogP contribution in [0.1, 0.15) is 16.7 Å². The van der Waals surface area contributed by atoms with Gasteiger partial charge in [-0.3, -0.25) is 4.55 Å². The van der Waals surface area contributed by atoms with Crippen molar-refractivity contribution >= 4 is 56.5 Å². The molecular formula is C19H12Cl4O5S. The van der Waals surface area contributed by atoms with E-state index in [0.717, 1.165) is 12.1 Å². The fraction of sp³-hybridized carbons (Fsp3) is 0.0526. The average molecular weight is 494 g/mol. The minimum Gasteiger partial charge on any atom is -0.504 e. The van der Waals surface area contributed by atoms with Crippen LogP contribution >= 0.6 is 46.4 Å². The SMILES string of the molecule is O=S(=O)(O)C(c1cccc(Cl)c1)(c1ccc(O)c(O)c1)c1cc(Cl)c(Cl)c(Cl)c1. The maximum Gasteiger partial charge on any atom is 0.283 e. The second-order valence-corrected chi connectivity index (χ2v) is 9.32. The van der Waals surface area contributed by atoms with Gasteiger partial charge in [0, 0.05) is 5.02 Å². The lowest BCUT2D eigenvalue weighted by molar-refractivity contribution is 0.402. The van der Waals surface area contributed by atoms with Crippen molar-refractivity contribution in [3.8, 4) is 11.5 Å². The molecule has 0 aliphatic rings. The molecule has 0 spiro atoms. The molecule has 0 saturated heterocycles. The lowest BCUT2D eigenvalue weighted by atomic mass is 9.84. The molecule has 0 saturated carbocycles. The summed E-state index contributed by atoms with van der Waals surface area (Å²) >= 11 is 24.3. The fourth-order valence-electron chi connectivity index (χ4n) is 3.16. The van der Waals surface area contributed by atoms with E-state index in [1.165, 1.54) is 42.5 Å². The first-order valence-corrected chi connectivity index (χ1v) is 10.8. The van der Waals surface area contributed by atoms with E-state index in [0.29, 0.717) is 0 Å². The Morgan fingerprint density at radius 3 is 1.83 bits per heavy atom. The van der Waals surface area contributed by atoms with Crippen molar-refractivity contribution in [1.82, 2.24) is 0 Å². The van der Waals surface area contributed by atoms with Gasteiger partial charge < -0.3 is 10.2 Å². The maximum absolute atomic E-state index is 12.9. The summed E-state index contributed by atoms with van der Waals surface area (Å²) in [5, 5.41) is 19.8. The topological polar surface area (TPSA) is 94.8 Å². The molecule has 3 rings (SSSR count). The van der Waals surface area contributed by atoms with Gasteiger partial charge in [0.15, 0.2) is 16.2 Å². The first kappa shape index (κ1) is 22.0. The predicted octanol–water partition coefficient (Wildman–Crippen LogP) is 5.89. The van der Waals surface area contributed by atoms with Crippen molar-refractivity contribution < 1.29 is 23.2 Å². The molecule has 3 N–H and O–H groups in total. The van der Waals surface area contributed by atoms with Crippen molar-refractivity contribution in [3.05, 3.63) is 91.4 Å². The Balaban J connectivity index is 2.56. The van der Waals surface area contributed by atoms with Crippen molar-refractivity contribution in [1.29, 1.82) is 0 Å². The van der Waals surface area contributed by atoms with E-state index in [4.69, 9.17) is 46.4 Å². The van der Waals surface area contributed by atoms with Crippen LogP contribution in [-0.2, 0) is 14.9 Å². The summed E-state index contributed by atoms with van der Waals surface area (Å²) in [5.74, 6) is -1.07. The van der Waals surface area contributed by atoms with E-state index in [9.17, 15) is 23.2 Å². The number of halogens is 4. The highest BCUT2D eigenvalue weighted by atomic mass is 35.5. The number of rotatable bonds is 4. The third kappa shape index (κ3) is 3.77. The van der Waals surface area contributed by atoms with E-state index >= 15 is 0 Å². The summed E-state index contributed by atoms with van der Waals surface area (Å²) < 4.78 is 34.0. The van der Waals surface area contributed by atoms with Crippen LogP contribution in [0, 0.1) is 0 Å². The Bertz CT molecular complexity index is 1190. The van der Waals surface area contributed by atoms with Crippen molar-refractivity contribution in [2.24, 2.45) is 0 Å². The lowest BCUT2D eigenvalue weighted by Crippen LogP contribution is -2.38. The van der Waals surface area contributed by atoms with Gasteiger partial charge in [0.2, 0.25) is 0 Å². The van der Waals surface area contributed by atoms with Crippen LogP contribution in [0.15, 0.2) is 54.6 Å². The van der Waals surface area contributed by atoms with Gasteiger partial charge in [-0.05, 0) is 53.1 Å². The molecule has 0 aromatic heterocycles. The number of phenolic OH excluding ortho intramolecular Hbond substituents is 2. The van der Waals surface area contributed by atoms with Gasteiger partial charge in [0.1, 0.15) is 0 Å². The minimum atomic E-state index is -4.99. The molecule has 152 valence electrons. The molecular weight excluding hydrogens is 482 g/mol. The molecule has 0 aliphatic carbocycles. The average Bonchev–Trinajstić information content (AvgIpc) is 2.62. The number of hydrogen-bond donors (Lipinski definition) is 3. The zero-order valence-electron chi connectivity index (χ0n) is 14.3. The number of benzene rings is 3. The normalized spacial score (nSPS) is 13.8. The quantitative estimate of drug-likeness (QED) is 0.182. The highest BCUT2D eigenvalue weighted by Gasteiger charge is 2.49. The van der Waals surface area contributed by atoms with Crippen LogP contribution in [-0.4, -0.2) is 23.2 Å². The fourth-order valence-corrected chi connectivity index (χ4v) is 5.21. The van der Waals surface area contributed by atoms with Crippen molar-refractivity contribution in [3.63, 3.8) is 0 Å².